The maximum absolute atomic E-state index is 5.84. The van der Waals surface area contributed by atoms with Gasteiger partial charge in [-0.2, -0.15) is 0 Å². The van der Waals surface area contributed by atoms with E-state index in [1.807, 2.05) is 0 Å². The van der Waals surface area contributed by atoms with Gasteiger partial charge in [0.25, 0.3) is 0 Å². The Morgan fingerprint density at radius 2 is 1.85 bits per heavy atom. The van der Waals surface area contributed by atoms with Crippen LogP contribution >= 0.6 is 0 Å². The van der Waals surface area contributed by atoms with Crippen LogP contribution in [0.3, 0.4) is 0 Å². The molecule has 2 rings (SSSR count). The van der Waals surface area contributed by atoms with E-state index in [-0.39, 0.29) is 17.6 Å². The number of pyridine rings is 1. The third-order valence-corrected chi connectivity index (χ3v) is 3.62. The number of aromatic nitrogens is 1. The van der Waals surface area contributed by atoms with Crippen molar-refractivity contribution in [2.24, 2.45) is 5.73 Å². The molecule has 2 N–H and O–H groups in total. The summed E-state index contributed by atoms with van der Waals surface area (Å²) in [5, 5.41) is 0. The van der Waals surface area contributed by atoms with Gasteiger partial charge in [0.15, 0.2) is 0 Å². The van der Waals surface area contributed by atoms with Crippen LogP contribution in [0.5, 0.6) is 0 Å². The molecule has 1 fully saturated rings. The van der Waals surface area contributed by atoms with E-state index in [2.05, 4.69) is 51.7 Å². The zero-order valence-corrected chi connectivity index (χ0v) is 13.3. The average Bonchev–Trinajstić information content (AvgIpc) is 2.36. The Balaban J connectivity index is 2.35. The van der Waals surface area contributed by atoms with Gasteiger partial charge in [0.1, 0.15) is 5.82 Å². The van der Waals surface area contributed by atoms with Crippen molar-refractivity contribution in [3.8, 4) is 0 Å². The topological polar surface area (TPSA) is 51.4 Å². The highest BCUT2D eigenvalue weighted by Crippen LogP contribution is 2.26. The Bertz CT molecular complexity index is 457. The molecule has 1 aromatic rings. The predicted molar refractivity (Wildman–Crippen MR) is 83.1 cm³/mol. The smallest absolute Gasteiger partial charge is 0.129 e. The van der Waals surface area contributed by atoms with Crippen LogP contribution in [0.15, 0.2) is 12.1 Å². The number of hydrogen-bond acceptors (Lipinski definition) is 4. The first kappa shape index (κ1) is 15.3. The van der Waals surface area contributed by atoms with Crippen LogP contribution < -0.4 is 10.6 Å². The SMILES string of the molecule is CC1CN(c2cc(CN)cc(C(C)(C)C)n2)CC(C)O1. The molecule has 1 aliphatic heterocycles. The van der Waals surface area contributed by atoms with E-state index in [0.29, 0.717) is 6.54 Å². The third-order valence-electron chi connectivity index (χ3n) is 3.62. The fourth-order valence-electron chi connectivity index (χ4n) is 2.60. The van der Waals surface area contributed by atoms with Crippen molar-refractivity contribution in [1.82, 2.24) is 4.98 Å². The van der Waals surface area contributed by atoms with Gasteiger partial charge in [-0.1, -0.05) is 20.8 Å². The molecule has 2 atom stereocenters. The molecule has 1 aliphatic rings. The number of nitrogens with two attached hydrogens (primary N) is 1. The quantitative estimate of drug-likeness (QED) is 0.902. The van der Waals surface area contributed by atoms with Crippen molar-refractivity contribution >= 4 is 5.82 Å². The standard InChI is InChI=1S/C16H27N3O/c1-11-9-19(10-12(2)20-11)15-7-13(8-17)6-14(18-15)16(3,4)5/h6-7,11-12H,8-10,17H2,1-5H3. The molecule has 112 valence electrons. The zero-order chi connectivity index (χ0) is 14.9. The summed E-state index contributed by atoms with van der Waals surface area (Å²) in [6.45, 7) is 13.1. The number of morpholine rings is 1. The molecule has 0 amide bonds. The van der Waals surface area contributed by atoms with E-state index in [9.17, 15) is 0 Å². The van der Waals surface area contributed by atoms with Crippen LogP contribution in [-0.2, 0) is 16.7 Å². The van der Waals surface area contributed by atoms with Gasteiger partial charge >= 0.3 is 0 Å². The molecule has 0 aliphatic carbocycles. The molecule has 4 heteroatoms. The van der Waals surface area contributed by atoms with Gasteiger partial charge in [0.2, 0.25) is 0 Å². The molecule has 0 aromatic carbocycles. The van der Waals surface area contributed by atoms with Gasteiger partial charge < -0.3 is 15.4 Å². The minimum absolute atomic E-state index is 0.0312. The summed E-state index contributed by atoms with van der Waals surface area (Å²) in [4.78, 5) is 7.17. The molecule has 20 heavy (non-hydrogen) atoms. The number of rotatable bonds is 2. The summed E-state index contributed by atoms with van der Waals surface area (Å²) >= 11 is 0. The largest absolute Gasteiger partial charge is 0.372 e. The molecule has 4 nitrogen and oxygen atoms in total. The minimum Gasteiger partial charge on any atom is -0.372 e. The Morgan fingerprint density at radius 1 is 1.25 bits per heavy atom. The van der Waals surface area contributed by atoms with E-state index in [1.165, 1.54) is 0 Å². The van der Waals surface area contributed by atoms with Gasteiger partial charge in [-0.25, -0.2) is 4.98 Å². The molecule has 1 saturated heterocycles. The lowest BCUT2D eigenvalue weighted by Gasteiger charge is -2.36. The van der Waals surface area contributed by atoms with Crippen molar-refractivity contribution in [3.63, 3.8) is 0 Å². The van der Waals surface area contributed by atoms with Gasteiger partial charge in [-0.15, -0.1) is 0 Å². The number of ether oxygens (including phenoxy) is 1. The van der Waals surface area contributed by atoms with Gasteiger partial charge in [0.05, 0.1) is 12.2 Å². The molecule has 0 saturated carbocycles. The van der Waals surface area contributed by atoms with Gasteiger partial charge in [-0.05, 0) is 31.5 Å². The normalized spacial score (nSPS) is 24.0. The van der Waals surface area contributed by atoms with Crippen LogP contribution in [0.2, 0.25) is 0 Å². The zero-order valence-electron chi connectivity index (χ0n) is 13.3. The van der Waals surface area contributed by atoms with E-state index < -0.39 is 0 Å². The number of anilines is 1. The van der Waals surface area contributed by atoms with E-state index in [4.69, 9.17) is 15.5 Å². The van der Waals surface area contributed by atoms with Crippen molar-refractivity contribution in [2.45, 2.75) is 58.8 Å². The monoisotopic (exact) mass is 277 g/mol. The summed E-state index contributed by atoms with van der Waals surface area (Å²) in [5.74, 6) is 1.03. The highest BCUT2D eigenvalue weighted by atomic mass is 16.5. The van der Waals surface area contributed by atoms with Crippen LogP contribution in [0.1, 0.15) is 45.9 Å². The van der Waals surface area contributed by atoms with E-state index in [0.717, 1.165) is 30.2 Å². The lowest BCUT2D eigenvalue weighted by atomic mass is 9.90. The van der Waals surface area contributed by atoms with Crippen molar-refractivity contribution in [1.29, 1.82) is 0 Å². The van der Waals surface area contributed by atoms with Crippen molar-refractivity contribution in [2.75, 3.05) is 18.0 Å². The Morgan fingerprint density at radius 3 is 2.35 bits per heavy atom. The van der Waals surface area contributed by atoms with Gasteiger partial charge in [0, 0.05) is 30.7 Å². The van der Waals surface area contributed by atoms with Crippen molar-refractivity contribution < 1.29 is 4.74 Å². The summed E-state index contributed by atoms with van der Waals surface area (Å²) in [6.07, 6.45) is 0.473. The first-order valence-electron chi connectivity index (χ1n) is 7.41. The maximum atomic E-state index is 5.84. The molecule has 0 bridgehead atoms. The highest BCUT2D eigenvalue weighted by Gasteiger charge is 2.25. The Hall–Kier alpha value is -1.13. The van der Waals surface area contributed by atoms with Crippen LogP contribution in [-0.4, -0.2) is 30.3 Å². The summed E-state index contributed by atoms with van der Waals surface area (Å²) in [7, 11) is 0. The molecule has 1 aromatic heterocycles. The summed E-state index contributed by atoms with van der Waals surface area (Å²) in [6, 6.07) is 4.23. The molecular formula is C16H27N3O. The predicted octanol–water partition coefficient (Wildman–Crippen LogP) is 2.45. The molecule has 0 radical (unpaired) electrons. The lowest BCUT2D eigenvalue weighted by Crippen LogP contribution is -2.46. The fourth-order valence-corrected chi connectivity index (χ4v) is 2.60. The number of hydrogen-bond donors (Lipinski definition) is 1. The van der Waals surface area contributed by atoms with Crippen LogP contribution in [0, 0.1) is 0 Å². The Kier molecular flexibility index (Phi) is 4.35. The highest BCUT2D eigenvalue weighted by molar-refractivity contribution is 5.44. The van der Waals surface area contributed by atoms with Gasteiger partial charge in [-0.3, -0.25) is 0 Å². The summed E-state index contributed by atoms with van der Waals surface area (Å²) < 4.78 is 5.80. The fraction of sp³-hybridized carbons (Fsp3) is 0.688. The minimum atomic E-state index is 0.0312. The second-order valence-electron chi connectivity index (χ2n) is 6.84. The average molecular weight is 277 g/mol. The van der Waals surface area contributed by atoms with Crippen LogP contribution in [0.25, 0.3) is 0 Å². The first-order valence-corrected chi connectivity index (χ1v) is 7.41. The van der Waals surface area contributed by atoms with Crippen molar-refractivity contribution in [3.05, 3.63) is 23.4 Å². The lowest BCUT2D eigenvalue weighted by molar-refractivity contribution is -0.00547. The molecule has 2 heterocycles. The Labute approximate surface area is 122 Å². The van der Waals surface area contributed by atoms with Crippen LogP contribution in [0.4, 0.5) is 5.82 Å². The second-order valence-corrected chi connectivity index (χ2v) is 6.84. The molecule has 2 unspecified atom stereocenters. The third kappa shape index (κ3) is 3.49. The van der Waals surface area contributed by atoms with E-state index in [1.54, 1.807) is 0 Å². The second kappa shape index (κ2) is 5.70. The first-order chi connectivity index (χ1) is 9.29. The molecule has 0 spiro atoms. The molecular weight excluding hydrogens is 250 g/mol. The number of nitrogens with zero attached hydrogens (tertiary/aromatic N) is 2. The summed E-state index contributed by atoms with van der Waals surface area (Å²) in [5.41, 5.74) is 8.12. The van der Waals surface area contributed by atoms with E-state index >= 15 is 0 Å². The maximum Gasteiger partial charge on any atom is 0.129 e.